The minimum Gasteiger partial charge on any atom is -0.480 e. The molecular weight excluding hydrogens is 735 g/mol. The van der Waals surface area contributed by atoms with E-state index in [1.807, 2.05) is 56.3 Å². The smallest absolute Gasteiger partial charge is 0.407 e. The molecule has 0 saturated heterocycles. The third-order valence-corrected chi connectivity index (χ3v) is 8.45. The van der Waals surface area contributed by atoms with E-state index in [2.05, 4.69) is 26.2 Å². The van der Waals surface area contributed by atoms with Crippen LogP contribution in [0.2, 0.25) is 0 Å². The van der Waals surface area contributed by atoms with Gasteiger partial charge in [0.15, 0.2) is 23.2 Å². The van der Waals surface area contributed by atoms with E-state index in [1.54, 1.807) is 63.2 Å². The van der Waals surface area contributed by atoms with Crippen molar-refractivity contribution >= 4 is 40.8 Å². The van der Waals surface area contributed by atoms with Gasteiger partial charge in [0.1, 0.15) is 12.2 Å². The van der Waals surface area contributed by atoms with E-state index < -0.39 is 53.4 Å². The van der Waals surface area contributed by atoms with Crippen molar-refractivity contribution in [1.82, 2.24) is 16.0 Å². The van der Waals surface area contributed by atoms with E-state index in [1.165, 1.54) is 0 Å². The van der Waals surface area contributed by atoms with Gasteiger partial charge < -0.3 is 30.3 Å². The Morgan fingerprint density at radius 3 is 2.00 bits per heavy atom. The van der Waals surface area contributed by atoms with E-state index in [0.717, 1.165) is 23.4 Å². The van der Waals surface area contributed by atoms with Crippen LogP contribution < -0.4 is 25.6 Å². The molecule has 302 valence electrons. The molecule has 57 heavy (non-hydrogen) atoms. The maximum atomic E-state index is 15.1. The first-order valence-electron chi connectivity index (χ1n) is 18.6. The number of rotatable bonds is 18. The van der Waals surface area contributed by atoms with Crippen LogP contribution in [0.15, 0.2) is 95.2 Å². The Hall–Kier alpha value is -6.18. The van der Waals surface area contributed by atoms with Crippen molar-refractivity contribution in [3.05, 3.63) is 119 Å². The monoisotopic (exact) mass is 784 g/mol. The van der Waals surface area contributed by atoms with Crippen LogP contribution in [0.5, 0.6) is 5.75 Å². The lowest BCUT2D eigenvalue weighted by molar-refractivity contribution is -0.123. The lowest BCUT2D eigenvalue weighted by Gasteiger charge is -2.20. The van der Waals surface area contributed by atoms with Crippen LogP contribution in [0.25, 0.3) is 0 Å². The summed E-state index contributed by atoms with van der Waals surface area (Å²) in [7, 11) is 3.90. The van der Waals surface area contributed by atoms with E-state index in [4.69, 9.17) is 9.47 Å². The second kappa shape index (κ2) is 20.7. The summed E-state index contributed by atoms with van der Waals surface area (Å²) in [6.07, 6.45) is 0.641. The largest absolute Gasteiger partial charge is 0.480 e. The molecule has 0 saturated carbocycles. The van der Waals surface area contributed by atoms with Gasteiger partial charge in [0.2, 0.25) is 0 Å². The highest BCUT2D eigenvalue weighted by molar-refractivity contribution is 5.98. The fourth-order valence-corrected chi connectivity index (χ4v) is 5.49. The van der Waals surface area contributed by atoms with Crippen molar-refractivity contribution in [3.8, 4) is 5.75 Å². The lowest BCUT2D eigenvalue weighted by Crippen LogP contribution is -2.43. The van der Waals surface area contributed by atoms with Crippen molar-refractivity contribution in [2.75, 3.05) is 38.7 Å². The minimum atomic E-state index is -1.03. The molecular formula is C43H50F2N6O6. The van der Waals surface area contributed by atoms with E-state index in [9.17, 15) is 19.2 Å². The Morgan fingerprint density at radius 1 is 0.772 bits per heavy atom. The summed E-state index contributed by atoms with van der Waals surface area (Å²) in [5.41, 5.74) is 3.48. The zero-order valence-corrected chi connectivity index (χ0v) is 33.2. The molecule has 0 radical (unpaired) electrons. The number of hydrogen-bond donors (Lipinski definition) is 3. The summed E-state index contributed by atoms with van der Waals surface area (Å²) >= 11 is 0. The van der Waals surface area contributed by atoms with Gasteiger partial charge >= 0.3 is 6.09 Å². The maximum Gasteiger partial charge on any atom is 0.407 e. The number of alkyl carbamates (subject to hydrolysis) is 1. The molecule has 0 unspecified atom stereocenters. The quantitative estimate of drug-likeness (QED) is 0.0681. The third kappa shape index (κ3) is 14.4. The van der Waals surface area contributed by atoms with Crippen molar-refractivity contribution in [3.63, 3.8) is 0 Å². The van der Waals surface area contributed by atoms with Crippen molar-refractivity contribution in [2.24, 2.45) is 10.2 Å². The number of hydrogen-bond acceptors (Lipinski definition) is 9. The van der Waals surface area contributed by atoms with E-state index >= 15 is 8.78 Å². The fraction of sp³-hybridized carbons (Fsp3) is 0.349. The third-order valence-electron chi connectivity index (χ3n) is 8.45. The molecule has 0 aromatic heterocycles. The van der Waals surface area contributed by atoms with Gasteiger partial charge in [-0.3, -0.25) is 14.4 Å². The molecule has 1 atom stereocenters. The summed E-state index contributed by atoms with van der Waals surface area (Å²) in [5.74, 6) is -4.22. The van der Waals surface area contributed by atoms with Gasteiger partial charge in [0.05, 0.1) is 17.4 Å². The lowest BCUT2D eigenvalue weighted by atomic mass is 10.0. The number of nitrogens with zero attached hydrogens (tertiary/aromatic N) is 3. The van der Waals surface area contributed by atoms with Gasteiger partial charge in [-0.05, 0) is 132 Å². The number of anilines is 1. The molecule has 12 nitrogen and oxygen atoms in total. The average Bonchev–Trinajstić information content (AvgIpc) is 3.15. The summed E-state index contributed by atoms with van der Waals surface area (Å²) in [5, 5.41) is 16.5. The maximum absolute atomic E-state index is 15.1. The zero-order chi connectivity index (χ0) is 41.5. The number of unbranched alkanes of at least 4 members (excludes halogenated alkanes) is 1. The highest BCUT2D eigenvalue weighted by atomic mass is 19.1. The topological polar surface area (TPSA) is 151 Å². The number of Topliss-reactive ketones (excluding diaryl/α,β-unsaturated/α-hetero) is 1. The summed E-state index contributed by atoms with van der Waals surface area (Å²) in [6, 6.07) is 22.1. The number of carbonyl (C=O) groups excluding carboxylic acids is 4. The van der Waals surface area contributed by atoms with Gasteiger partial charge in [0, 0.05) is 44.0 Å². The van der Waals surface area contributed by atoms with Gasteiger partial charge in [-0.1, -0.05) is 17.7 Å². The highest BCUT2D eigenvalue weighted by Crippen LogP contribution is 2.25. The molecule has 3 amide bonds. The molecule has 4 aromatic carbocycles. The number of amides is 3. The molecule has 4 aromatic rings. The first-order chi connectivity index (χ1) is 27.1. The summed E-state index contributed by atoms with van der Waals surface area (Å²) in [4.78, 5) is 53.0. The molecule has 0 fully saturated rings. The number of azo groups is 1. The SMILES string of the molecule is Cc1cccc(C(=O)N[C@@H](CCCCNC(=O)OC(C)(C)C)C(=O)COc2c(F)cc(CCNC(=O)c3ccc(N=Nc4ccc(N(C)C)cc4)cc3)cc2F)c1. The van der Waals surface area contributed by atoms with Crippen molar-refractivity contribution in [2.45, 2.75) is 65.0 Å². The van der Waals surface area contributed by atoms with E-state index in [0.29, 0.717) is 35.3 Å². The normalized spacial score (nSPS) is 11.8. The number of benzene rings is 4. The molecule has 0 aliphatic heterocycles. The minimum absolute atomic E-state index is 0.0937. The standard InChI is InChI=1S/C43H50F2N6O6/c1-28-10-9-11-31(24-28)41(54)48-37(12-7-8-22-47-42(55)57-43(2,3)4)38(52)27-56-39-35(44)25-29(26-36(39)45)21-23-46-40(53)30-13-15-32(16-14-30)49-50-33-17-19-34(20-18-33)51(5)6/h9-11,13-20,24-26,37H,7-8,12,21-23,27H2,1-6H3,(H,46,53)(H,47,55)(H,48,54)/t37-/m0/s1. The molecule has 0 spiro atoms. The molecule has 0 heterocycles. The average molecular weight is 785 g/mol. The number of ether oxygens (including phenoxy) is 2. The van der Waals surface area contributed by atoms with E-state index in [-0.39, 0.29) is 37.4 Å². The zero-order valence-electron chi connectivity index (χ0n) is 33.2. The molecule has 0 aliphatic rings. The number of carbonyl (C=O) groups is 4. The molecule has 0 bridgehead atoms. The second-order valence-electron chi connectivity index (χ2n) is 14.6. The van der Waals surface area contributed by atoms with Crippen LogP contribution in [-0.4, -0.2) is 69.1 Å². The summed E-state index contributed by atoms with van der Waals surface area (Å²) in [6.45, 7) is 6.75. The van der Waals surface area contributed by atoms with Crippen LogP contribution in [0.4, 0.5) is 30.6 Å². The van der Waals surface area contributed by atoms with Gasteiger partial charge in [-0.25, -0.2) is 13.6 Å². The Morgan fingerprint density at radius 2 is 1.40 bits per heavy atom. The Kier molecular flexibility index (Phi) is 15.8. The van der Waals surface area contributed by atoms with Gasteiger partial charge in [-0.15, -0.1) is 0 Å². The van der Waals surface area contributed by atoms with Crippen LogP contribution in [0.1, 0.15) is 71.9 Å². The Balaban J connectivity index is 1.28. The van der Waals surface area contributed by atoms with Crippen molar-refractivity contribution < 1.29 is 37.4 Å². The number of nitrogens with one attached hydrogen (secondary N) is 3. The first kappa shape index (κ1) is 43.5. The number of ketones is 1. The van der Waals surface area contributed by atoms with Crippen LogP contribution in [0, 0.1) is 18.6 Å². The second-order valence-corrected chi connectivity index (χ2v) is 14.6. The van der Waals surface area contributed by atoms with Gasteiger partial charge in [-0.2, -0.15) is 10.2 Å². The molecule has 14 heteroatoms. The predicted molar refractivity (Wildman–Crippen MR) is 215 cm³/mol. The molecule has 3 N–H and O–H groups in total. The Bertz CT molecular complexity index is 2010. The summed E-state index contributed by atoms with van der Waals surface area (Å²) < 4.78 is 40.8. The van der Waals surface area contributed by atoms with Crippen LogP contribution >= 0.6 is 0 Å². The molecule has 0 aliphatic carbocycles. The molecule has 4 rings (SSSR count). The van der Waals surface area contributed by atoms with Crippen LogP contribution in [-0.2, 0) is 16.0 Å². The van der Waals surface area contributed by atoms with Crippen LogP contribution in [0.3, 0.4) is 0 Å². The first-order valence-corrected chi connectivity index (χ1v) is 18.6. The Labute approximate surface area is 332 Å². The number of halogens is 2. The fourth-order valence-electron chi connectivity index (χ4n) is 5.49. The van der Waals surface area contributed by atoms with Gasteiger partial charge in [0.25, 0.3) is 11.8 Å². The highest BCUT2D eigenvalue weighted by Gasteiger charge is 2.24. The number of aryl methyl sites for hydroxylation is 1. The predicted octanol–water partition coefficient (Wildman–Crippen LogP) is 8.17. The van der Waals surface area contributed by atoms with Crippen molar-refractivity contribution in [1.29, 1.82) is 0 Å².